The molecule has 1 aromatic heterocycles. The topological polar surface area (TPSA) is 32.9 Å². The first-order valence-electron chi connectivity index (χ1n) is 3.18. The molecule has 1 heterocycles. The van der Waals surface area contributed by atoms with E-state index in [-0.39, 0.29) is 11.3 Å². The van der Waals surface area contributed by atoms with Crippen LogP contribution in [0.25, 0.3) is 0 Å². The molecular weight excluding hydrogens is 171 g/mol. The standard InChI is InChI=1S/C7H6F3NO/c1-4(12)5-2-6(11-3-5)7(8,9)10/h2-3,11H,1H3. The smallest absolute Gasteiger partial charge is 0.357 e. The number of carbonyl (C=O) groups excluding carboxylic acids is 1. The number of nitrogens with one attached hydrogen (secondary N) is 1. The maximum absolute atomic E-state index is 11.9. The highest BCUT2D eigenvalue weighted by molar-refractivity contribution is 5.94. The van der Waals surface area contributed by atoms with Crippen molar-refractivity contribution in [3.05, 3.63) is 23.5 Å². The second-order valence-corrected chi connectivity index (χ2v) is 2.36. The van der Waals surface area contributed by atoms with Crippen LogP contribution in [-0.2, 0) is 6.18 Å². The van der Waals surface area contributed by atoms with E-state index in [4.69, 9.17) is 0 Å². The zero-order valence-corrected chi connectivity index (χ0v) is 6.20. The number of alkyl halides is 3. The fourth-order valence-corrected chi connectivity index (χ4v) is 0.761. The Morgan fingerprint density at radius 1 is 1.50 bits per heavy atom. The Bertz CT molecular complexity index is 300. The molecule has 12 heavy (non-hydrogen) atoms. The molecule has 0 aromatic carbocycles. The normalized spacial score (nSPS) is 11.7. The number of aromatic nitrogens is 1. The van der Waals surface area contributed by atoms with Gasteiger partial charge in [-0.25, -0.2) is 0 Å². The molecule has 1 rings (SSSR count). The van der Waals surface area contributed by atoms with Crippen molar-refractivity contribution in [3.8, 4) is 0 Å². The molecule has 0 atom stereocenters. The molecule has 0 saturated carbocycles. The Kier molecular flexibility index (Phi) is 1.95. The van der Waals surface area contributed by atoms with Crippen molar-refractivity contribution in [1.82, 2.24) is 4.98 Å². The minimum atomic E-state index is -4.41. The van der Waals surface area contributed by atoms with Crippen LogP contribution in [0.3, 0.4) is 0 Å². The molecule has 0 unspecified atom stereocenters. The molecule has 5 heteroatoms. The number of H-pyrrole nitrogens is 1. The van der Waals surface area contributed by atoms with Gasteiger partial charge in [0, 0.05) is 11.8 Å². The summed E-state index contributed by atoms with van der Waals surface area (Å²) in [6.07, 6.45) is -3.36. The van der Waals surface area contributed by atoms with E-state index >= 15 is 0 Å². The second kappa shape index (κ2) is 2.66. The minimum absolute atomic E-state index is 0.0438. The van der Waals surface area contributed by atoms with Crippen molar-refractivity contribution >= 4 is 5.78 Å². The van der Waals surface area contributed by atoms with Crippen LogP contribution < -0.4 is 0 Å². The van der Waals surface area contributed by atoms with Crippen LogP contribution in [0, 0.1) is 0 Å². The zero-order valence-electron chi connectivity index (χ0n) is 6.20. The predicted molar refractivity (Wildman–Crippen MR) is 35.8 cm³/mol. The van der Waals surface area contributed by atoms with Gasteiger partial charge in [0.05, 0.1) is 0 Å². The molecule has 0 aliphatic rings. The van der Waals surface area contributed by atoms with E-state index in [0.717, 1.165) is 12.3 Å². The highest BCUT2D eigenvalue weighted by Gasteiger charge is 2.32. The van der Waals surface area contributed by atoms with Crippen LogP contribution in [0.5, 0.6) is 0 Å². The summed E-state index contributed by atoms with van der Waals surface area (Å²) in [5, 5.41) is 0. The molecule has 2 nitrogen and oxygen atoms in total. The van der Waals surface area contributed by atoms with Crippen LogP contribution in [0.2, 0.25) is 0 Å². The van der Waals surface area contributed by atoms with Crippen molar-refractivity contribution in [3.63, 3.8) is 0 Å². The molecule has 0 bridgehead atoms. The lowest BCUT2D eigenvalue weighted by Gasteiger charge is -2.00. The predicted octanol–water partition coefficient (Wildman–Crippen LogP) is 2.24. The van der Waals surface area contributed by atoms with E-state index in [0.29, 0.717) is 0 Å². The average Bonchev–Trinajstić information content (AvgIpc) is 2.30. The highest BCUT2D eigenvalue weighted by Crippen LogP contribution is 2.28. The second-order valence-electron chi connectivity index (χ2n) is 2.36. The van der Waals surface area contributed by atoms with Gasteiger partial charge in [0.15, 0.2) is 5.78 Å². The average molecular weight is 177 g/mol. The fraction of sp³-hybridized carbons (Fsp3) is 0.286. The Labute approximate surface area is 66.4 Å². The Morgan fingerprint density at radius 3 is 2.33 bits per heavy atom. The first-order valence-corrected chi connectivity index (χ1v) is 3.18. The highest BCUT2D eigenvalue weighted by atomic mass is 19.4. The number of aromatic amines is 1. The van der Waals surface area contributed by atoms with E-state index < -0.39 is 11.9 Å². The third-order valence-corrected chi connectivity index (χ3v) is 1.39. The van der Waals surface area contributed by atoms with Crippen LogP contribution in [0.15, 0.2) is 12.3 Å². The van der Waals surface area contributed by atoms with E-state index in [9.17, 15) is 18.0 Å². The van der Waals surface area contributed by atoms with Crippen molar-refractivity contribution in [2.45, 2.75) is 13.1 Å². The maximum atomic E-state index is 11.9. The molecule has 66 valence electrons. The lowest BCUT2D eigenvalue weighted by atomic mass is 10.2. The molecule has 0 radical (unpaired) electrons. The summed E-state index contributed by atoms with van der Waals surface area (Å²) in [7, 11) is 0. The van der Waals surface area contributed by atoms with Gasteiger partial charge >= 0.3 is 6.18 Å². The minimum Gasteiger partial charge on any atom is -0.357 e. The Balaban J connectivity index is 3.00. The van der Waals surface area contributed by atoms with E-state index in [1.165, 1.54) is 6.92 Å². The van der Waals surface area contributed by atoms with Gasteiger partial charge in [0.25, 0.3) is 0 Å². The quantitative estimate of drug-likeness (QED) is 0.655. The summed E-state index contributed by atoms with van der Waals surface area (Å²) < 4.78 is 35.8. The SMILES string of the molecule is CC(=O)c1c[nH]c(C(F)(F)F)c1. The van der Waals surface area contributed by atoms with Crippen molar-refractivity contribution < 1.29 is 18.0 Å². The number of hydrogen-bond acceptors (Lipinski definition) is 1. The van der Waals surface area contributed by atoms with Gasteiger partial charge in [-0.05, 0) is 13.0 Å². The number of carbonyl (C=O) groups is 1. The number of rotatable bonds is 1. The number of hydrogen-bond donors (Lipinski definition) is 1. The molecular formula is C7H6F3NO. The lowest BCUT2D eigenvalue weighted by Crippen LogP contribution is -2.04. The molecule has 0 amide bonds. The largest absolute Gasteiger partial charge is 0.431 e. The molecule has 0 saturated heterocycles. The molecule has 1 N–H and O–H groups in total. The van der Waals surface area contributed by atoms with E-state index in [1.54, 1.807) is 0 Å². The van der Waals surface area contributed by atoms with Crippen molar-refractivity contribution in [2.24, 2.45) is 0 Å². The van der Waals surface area contributed by atoms with Crippen LogP contribution in [0.1, 0.15) is 23.0 Å². The first kappa shape index (κ1) is 8.83. The number of halogens is 3. The van der Waals surface area contributed by atoms with Gasteiger partial charge in [-0.3, -0.25) is 4.79 Å². The summed E-state index contributed by atoms with van der Waals surface area (Å²) in [5.41, 5.74) is -0.852. The lowest BCUT2D eigenvalue weighted by molar-refractivity contribution is -0.140. The molecule has 1 aromatic rings. The number of Topliss-reactive ketones (excluding diaryl/α,β-unsaturated/α-hetero) is 1. The fourth-order valence-electron chi connectivity index (χ4n) is 0.761. The van der Waals surface area contributed by atoms with Gasteiger partial charge in [-0.1, -0.05) is 0 Å². The van der Waals surface area contributed by atoms with Gasteiger partial charge < -0.3 is 4.98 Å². The van der Waals surface area contributed by atoms with Crippen molar-refractivity contribution in [2.75, 3.05) is 0 Å². The Morgan fingerprint density at radius 2 is 2.08 bits per heavy atom. The maximum Gasteiger partial charge on any atom is 0.431 e. The van der Waals surface area contributed by atoms with Gasteiger partial charge in [0.1, 0.15) is 5.69 Å². The third kappa shape index (κ3) is 1.66. The number of ketones is 1. The molecule has 0 aliphatic carbocycles. The van der Waals surface area contributed by atoms with Crippen LogP contribution in [-0.4, -0.2) is 10.8 Å². The van der Waals surface area contributed by atoms with E-state index in [2.05, 4.69) is 0 Å². The summed E-state index contributed by atoms with van der Waals surface area (Å²) >= 11 is 0. The van der Waals surface area contributed by atoms with Crippen molar-refractivity contribution in [1.29, 1.82) is 0 Å². The first-order chi connectivity index (χ1) is 5.41. The van der Waals surface area contributed by atoms with Gasteiger partial charge in [-0.15, -0.1) is 0 Å². The van der Waals surface area contributed by atoms with Crippen LogP contribution >= 0.6 is 0 Å². The van der Waals surface area contributed by atoms with Gasteiger partial charge in [0.2, 0.25) is 0 Å². The van der Waals surface area contributed by atoms with Gasteiger partial charge in [-0.2, -0.15) is 13.2 Å². The Hall–Kier alpha value is -1.26. The van der Waals surface area contributed by atoms with E-state index in [1.807, 2.05) is 4.98 Å². The third-order valence-electron chi connectivity index (χ3n) is 1.39. The summed E-state index contributed by atoms with van der Waals surface area (Å²) in [6.45, 7) is 1.21. The molecule has 0 fully saturated rings. The molecule has 0 spiro atoms. The summed E-state index contributed by atoms with van der Waals surface area (Å²) in [5.74, 6) is -0.387. The monoisotopic (exact) mass is 177 g/mol. The zero-order chi connectivity index (χ0) is 9.35. The summed E-state index contributed by atoms with van der Waals surface area (Å²) in [4.78, 5) is 12.6. The summed E-state index contributed by atoms with van der Waals surface area (Å²) in [6, 6.07) is 0.794. The molecule has 0 aliphatic heterocycles. The van der Waals surface area contributed by atoms with Crippen LogP contribution in [0.4, 0.5) is 13.2 Å².